The summed E-state index contributed by atoms with van der Waals surface area (Å²) in [6.45, 7) is 5.49. The van der Waals surface area contributed by atoms with Crippen molar-refractivity contribution in [1.82, 2.24) is 20.3 Å². The number of nitrogens with one attached hydrogen (secondary N) is 1. The summed E-state index contributed by atoms with van der Waals surface area (Å²) in [6.07, 6.45) is 0.830. The summed E-state index contributed by atoms with van der Waals surface area (Å²) in [6, 6.07) is 21.2. The number of hydrogen-bond acceptors (Lipinski definition) is 6. The summed E-state index contributed by atoms with van der Waals surface area (Å²) in [5, 5.41) is 11.4. The van der Waals surface area contributed by atoms with Crippen LogP contribution in [0, 0.1) is 5.92 Å². The maximum atomic E-state index is 14.1. The Morgan fingerprint density at radius 2 is 1.71 bits per heavy atom. The Morgan fingerprint density at radius 3 is 2.50 bits per heavy atom. The minimum Gasteiger partial charge on any atom is -0.486 e. The van der Waals surface area contributed by atoms with Crippen molar-refractivity contribution >= 4 is 28.5 Å². The first-order valence-electron chi connectivity index (χ1n) is 12.8. The number of benzene rings is 3. The topological polar surface area (TPSA) is 98.6 Å². The number of para-hydroxylation sites is 1. The summed E-state index contributed by atoms with van der Waals surface area (Å²) in [4.78, 5) is 29.4. The van der Waals surface area contributed by atoms with Crippen LogP contribution in [0.3, 0.4) is 0 Å². The zero-order valence-electron chi connectivity index (χ0n) is 21.5. The minimum atomic E-state index is -0.909. The predicted octanol–water partition coefficient (Wildman–Crippen LogP) is 4.14. The van der Waals surface area contributed by atoms with Crippen LogP contribution in [0.5, 0.6) is 11.5 Å². The van der Waals surface area contributed by atoms with E-state index < -0.39 is 6.04 Å². The summed E-state index contributed by atoms with van der Waals surface area (Å²) in [7, 11) is 0. The van der Waals surface area contributed by atoms with Crippen LogP contribution in [0.4, 0.5) is 5.69 Å². The Kier molecular flexibility index (Phi) is 7.53. The predicted molar refractivity (Wildman–Crippen MR) is 144 cm³/mol. The van der Waals surface area contributed by atoms with Gasteiger partial charge < -0.3 is 14.8 Å². The third-order valence-corrected chi connectivity index (χ3v) is 6.42. The van der Waals surface area contributed by atoms with Crippen molar-refractivity contribution in [1.29, 1.82) is 0 Å². The smallest absolute Gasteiger partial charge is 0.249 e. The molecule has 0 fully saturated rings. The Hall–Kier alpha value is -4.40. The molecule has 0 bridgehead atoms. The van der Waals surface area contributed by atoms with Crippen molar-refractivity contribution in [2.45, 2.75) is 32.9 Å². The molecular formula is C29H31N5O4. The van der Waals surface area contributed by atoms with E-state index in [-0.39, 0.29) is 18.4 Å². The lowest BCUT2D eigenvalue weighted by Gasteiger charge is -2.32. The highest BCUT2D eigenvalue weighted by atomic mass is 16.6. The van der Waals surface area contributed by atoms with Crippen LogP contribution < -0.4 is 19.7 Å². The van der Waals surface area contributed by atoms with Crippen LogP contribution in [0.15, 0.2) is 72.8 Å². The normalized spacial score (nSPS) is 13.3. The number of carbonyl (C=O) groups is 2. The summed E-state index contributed by atoms with van der Waals surface area (Å²) in [5.74, 6) is 0.993. The summed E-state index contributed by atoms with van der Waals surface area (Å²) < 4.78 is 13.1. The second-order valence-corrected chi connectivity index (χ2v) is 9.61. The number of rotatable bonds is 9. The zero-order chi connectivity index (χ0) is 26.5. The largest absolute Gasteiger partial charge is 0.486 e. The molecule has 2 heterocycles. The molecule has 5 rings (SSSR count). The molecule has 1 aliphatic heterocycles. The second kappa shape index (κ2) is 11.3. The van der Waals surface area contributed by atoms with Crippen molar-refractivity contribution in [2.75, 3.05) is 24.7 Å². The zero-order valence-corrected chi connectivity index (χ0v) is 21.5. The van der Waals surface area contributed by atoms with Gasteiger partial charge in [0.25, 0.3) is 0 Å². The quantitative estimate of drug-likeness (QED) is 0.361. The lowest BCUT2D eigenvalue weighted by atomic mass is 10.0. The molecule has 0 radical (unpaired) electrons. The van der Waals surface area contributed by atoms with Gasteiger partial charge in [-0.05, 0) is 42.2 Å². The molecule has 4 aromatic rings. The van der Waals surface area contributed by atoms with Gasteiger partial charge in [0.1, 0.15) is 31.3 Å². The van der Waals surface area contributed by atoms with E-state index in [1.54, 1.807) is 22.9 Å². The van der Waals surface area contributed by atoms with Crippen molar-refractivity contribution in [3.8, 4) is 11.5 Å². The van der Waals surface area contributed by atoms with Gasteiger partial charge in [0, 0.05) is 18.3 Å². The van der Waals surface area contributed by atoms with Crippen molar-refractivity contribution in [3.63, 3.8) is 0 Å². The molecule has 196 valence electrons. The molecule has 1 aromatic heterocycles. The first-order chi connectivity index (χ1) is 18.5. The van der Waals surface area contributed by atoms with E-state index in [2.05, 4.69) is 29.5 Å². The van der Waals surface area contributed by atoms with E-state index in [1.807, 2.05) is 54.6 Å². The number of fused-ring (bicyclic) bond motifs is 2. The molecule has 9 heteroatoms. The highest BCUT2D eigenvalue weighted by molar-refractivity contribution is 6.01. The molecule has 0 aliphatic carbocycles. The summed E-state index contributed by atoms with van der Waals surface area (Å²) in [5.41, 5.74) is 2.65. The molecule has 0 saturated heterocycles. The fourth-order valence-corrected chi connectivity index (χ4v) is 4.49. The molecule has 0 unspecified atom stereocenters. The van der Waals surface area contributed by atoms with E-state index in [0.717, 1.165) is 11.9 Å². The van der Waals surface area contributed by atoms with Gasteiger partial charge in [0.05, 0.1) is 5.52 Å². The lowest BCUT2D eigenvalue weighted by Crippen LogP contribution is -2.45. The van der Waals surface area contributed by atoms with Gasteiger partial charge >= 0.3 is 0 Å². The number of anilines is 1. The first kappa shape index (κ1) is 25.3. The van der Waals surface area contributed by atoms with Crippen LogP contribution in [-0.2, 0) is 16.1 Å². The molecular weight excluding hydrogens is 482 g/mol. The number of nitrogens with zero attached hydrogens (tertiary/aromatic N) is 4. The minimum absolute atomic E-state index is 0.0996. The van der Waals surface area contributed by atoms with E-state index >= 15 is 0 Å². The molecule has 0 saturated carbocycles. The molecule has 9 nitrogen and oxygen atoms in total. The van der Waals surface area contributed by atoms with Gasteiger partial charge in [-0.15, -0.1) is 5.10 Å². The molecule has 1 atom stereocenters. The third kappa shape index (κ3) is 5.46. The molecule has 1 aliphatic rings. The van der Waals surface area contributed by atoms with Gasteiger partial charge in [-0.2, -0.15) is 0 Å². The van der Waals surface area contributed by atoms with Gasteiger partial charge in [-0.3, -0.25) is 14.5 Å². The van der Waals surface area contributed by atoms with Crippen molar-refractivity contribution in [3.05, 3.63) is 78.4 Å². The number of carbonyl (C=O) groups excluding carboxylic acids is 2. The molecule has 1 N–H and O–H groups in total. The maximum absolute atomic E-state index is 14.1. The first-order valence-corrected chi connectivity index (χ1v) is 12.8. The van der Waals surface area contributed by atoms with E-state index in [0.29, 0.717) is 53.9 Å². The van der Waals surface area contributed by atoms with E-state index in [1.165, 1.54) is 4.90 Å². The Labute approximate surface area is 221 Å². The monoisotopic (exact) mass is 513 g/mol. The lowest BCUT2D eigenvalue weighted by molar-refractivity contribution is -0.127. The summed E-state index contributed by atoms with van der Waals surface area (Å²) >= 11 is 0. The Balaban J connectivity index is 1.56. The van der Waals surface area contributed by atoms with Crippen molar-refractivity contribution < 1.29 is 19.1 Å². The Bertz CT molecular complexity index is 1420. The average molecular weight is 514 g/mol. The van der Waals surface area contributed by atoms with E-state index in [9.17, 15) is 9.59 Å². The van der Waals surface area contributed by atoms with Crippen LogP contribution in [0.25, 0.3) is 11.0 Å². The SMILES string of the molecule is CC(C)CCNC(=O)[C@H](c1ccccc1)N(C(=O)Cn1nnc2ccccc21)c1ccc2c(c1)OCCO2. The van der Waals surface area contributed by atoms with Crippen LogP contribution >= 0.6 is 0 Å². The fraction of sp³-hybridized carbons (Fsp3) is 0.310. The Morgan fingerprint density at radius 1 is 0.974 bits per heavy atom. The van der Waals surface area contributed by atoms with Crippen LogP contribution in [0.2, 0.25) is 0 Å². The van der Waals surface area contributed by atoms with Crippen LogP contribution in [-0.4, -0.2) is 46.6 Å². The van der Waals surface area contributed by atoms with Gasteiger partial charge in [0.15, 0.2) is 11.5 Å². The van der Waals surface area contributed by atoms with Crippen LogP contribution in [0.1, 0.15) is 31.9 Å². The standard InChI is InChI=1S/C29H31N5O4/c1-20(2)14-15-30-29(36)28(21-8-4-3-5-9-21)34(22-12-13-25-26(18-22)38-17-16-37-25)27(35)19-33-24-11-7-6-10-23(24)31-32-33/h3-13,18,20,28H,14-17,19H2,1-2H3,(H,30,36)/t28-/m0/s1. The molecule has 2 amide bonds. The molecule has 0 spiro atoms. The van der Waals surface area contributed by atoms with Gasteiger partial charge in [-0.25, -0.2) is 4.68 Å². The average Bonchev–Trinajstić information content (AvgIpc) is 3.34. The molecule has 38 heavy (non-hydrogen) atoms. The number of ether oxygens (including phenoxy) is 2. The second-order valence-electron chi connectivity index (χ2n) is 9.61. The highest BCUT2D eigenvalue weighted by Gasteiger charge is 2.34. The van der Waals surface area contributed by atoms with E-state index in [4.69, 9.17) is 9.47 Å². The highest BCUT2D eigenvalue weighted by Crippen LogP contribution is 2.37. The number of aromatic nitrogens is 3. The fourth-order valence-electron chi connectivity index (χ4n) is 4.49. The molecule has 3 aromatic carbocycles. The third-order valence-electron chi connectivity index (χ3n) is 6.42. The maximum Gasteiger partial charge on any atom is 0.249 e. The van der Waals surface area contributed by atoms with Crippen molar-refractivity contribution in [2.24, 2.45) is 5.92 Å². The van der Waals surface area contributed by atoms with Gasteiger partial charge in [-0.1, -0.05) is 61.5 Å². The van der Waals surface area contributed by atoms with Gasteiger partial charge in [0.2, 0.25) is 11.8 Å². The number of amides is 2. The number of hydrogen-bond donors (Lipinski definition) is 1.